The van der Waals surface area contributed by atoms with Crippen LogP contribution in [0.4, 0.5) is 11.4 Å². The van der Waals surface area contributed by atoms with E-state index in [1.165, 1.54) is 5.56 Å². The molecular formula is C18H22N4O. The Labute approximate surface area is 136 Å². The fraction of sp³-hybridized carbons (Fsp3) is 0.333. The maximum atomic E-state index is 12.4. The van der Waals surface area contributed by atoms with Crippen LogP contribution >= 0.6 is 0 Å². The Kier molecular flexibility index (Phi) is 4.46. The molecule has 1 fully saturated rings. The molecule has 1 saturated heterocycles. The van der Waals surface area contributed by atoms with Crippen LogP contribution in [0.2, 0.25) is 0 Å². The number of aryl methyl sites for hydroxylation is 1. The van der Waals surface area contributed by atoms with Gasteiger partial charge in [-0.05, 0) is 36.2 Å². The normalized spacial score (nSPS) is 14.8. The highest BCUT2D eigenvalue weighted by molar-refractivity contribution is 5.94. The molecular weight excluding hydrogens is 288 g/mol. The van der Waals surface area contributed by atoms with E-state index < -0.39 is 0 Å². The molecule has 120 valence electrons. The average molecular weight is 310 g/mol. The van der Waals surface area contributed by atoms with E-state index in [1.807, 2.05) is 17.0 Å². The number of hydrogen-bond acceptors (Lipinski definition) is 4. The zero-order chi connectivity index (χ0) is 16.2. The smallest absolute Gasteiger partial charge is 0.255 e. The lowest BCUT2D eigenvalue weighted by Crippen LogP contribution is -2.48. The maximum Gasteiger partial charge on any atom is 0.255 e. The number of nitrogens with two attached hydrogens (primary N) is 1. The number of pyridine rings is 1. The molecule has 0 saturated carbocycles. The summed E-state index contributed by atoms with van der Waals surface area (Å²) < 4.78 is 0. The fourth-order valence-corrected chi connectivity index (χ4v) is 2.94. The molecule has 0 radical (unpaired) electrons. The van der Waals surface area contributed by atoms with E-state index in [0.717, 1.165) is 30.9 Å². The third-order valence-corrected chi connectivity index (χ3v) is 4.35. The van der Waals surface area contributed by atoms with Crippen molar-refractivity contribution in [3.05, 3.63) is 53.9 Å². The monoisotopic (exact) mass is 310 g/mol. The van der Waals surface area contributed by atoms with Crippen molar-refractivity contribution in [2.45, 2.75) is 13.3 Å². The van der Waals surface area contributed by atoms with Crippen LogP contribution in [-0.4, -0.2) is 42.0 Å². The minimum absolute atomic E-state index is 0.0543. The van der Waals surface area contributed by atoms with Gasteiger partial charge in [0.15, 0.2) is 0 Å². The van der Waals surface area contributed by atoms with E-state index in [-0.39, 0.29) is 5.91 Å². The van der Waals surface area contributed by atoms with Gasteiger partial charge in [-0.1, -0.05) is 13.0 Å². The highest BCUT2D eigenvalue weighted by Gasteiger charge is 2.22. The Balaban J connectivity index is 1.64. The van der Waals surface area contributed by atoms with E-state index in [1.54, 1.807) is 18.5 Å². The number of hydrogen-bond donors (Lipinski definition) is 1. The van der Waals surface area contributed by atoms with Gasteiger partial charge in [0.05, 0.1) is 5.56 Å². The van der Waals surface area contributed by atoms with E-state index in [0.29, 0.717) is 18.7 Å². The van der Waals surface area contributed by atoms with Crippen LogP contribution in [0.5, 0.6) is 0 Å². The van der Waals surface area contributed by atoms with Crippen molar-refractivity contribution in [1.29, 1.82) is 0 Å². The molecule has 5 nitrogen and oxygen atoms in total. The van der Waals surface area contributed by atoms with Crippen molar-refractivity contribution < 1.29 is 4.79 Å². The lowest BCUT2D eigenvalue weighted by Gasteiger charge is -2.36. The summed E-state index contributed by atoms with van der Waals surface area (Å²) >= 11 is 0. The van der Waals surface area contributed by atoms with Crippen LogP contribution in [0.1, 0.15) is 22.8 Å². The van der Waals surface area contributed by atoms with Gasteiger partial charge in [-0.3, -0.25) is 9.78 Å². The first-order chi connectivity index (χ1) is 11.2. The van der Waals surface area contributed by atoms with Crippen molar-refractivity contribution in [3.8, 4) is 0 Å². The summed E-state index contributed by atoms with van der Waals surface area (Å²) in [6.07, 6.45) is 4.25. The second kappa shape index (κ2) is 6.69. The Hall–Kier alpha value is -2.56. The molecule has 1 aromatic heterocycles. The molecule has 23 heavy (non-hydrogen) atoms. The van der Waals surface area contributed by atoms with Crippen LogP contribution in [-0.2, 0) is 6.42 Å². The summed E-state index contributed by atoms with van der Waals surface area (Å²) in [4.78, 5) is 20.6. The Bertz CT molecular complexity index is 679. The first-order valence-corrected chi connectivity index (χ1v) is 8.01. The van der Waals surface area contributed by atoms with Gasteiger partial charge in [0.2, 0.25) is 0 Å². The molecule has 0 aliphatic carbocycles. The van der Waals surface area contributed by atoms with Crippen LogP contribution in [0.3, 0.4) is 0 Å². The van der Waals surface area contributed by atoms with Gasteiger partial charge in [-0.2, -0.15) is 0 Å². The number of aromatic nitrogens is 1. The molecule has 0 spiro atoms. The summed E-state index contributed by atoms with van der Waals surface area (Å²) in [5.41, 5.74) is 9.90. The molecule has 0 atom stereocenters. The van der Waals surface area contributed by atoms with Crippen LogP contribution in [0.25, 0.3) is 0 Å². The zero-order valence-corrected chi connectivity index (χ0v) is 13.4. The predicted molar refractivity (Wildman–Crippen MR) is 92.6 cm³/mol. The molecule has 3 rings (SSSR count). The second-order valence-corrected chi connectivity index (χ2v) is 5.76. The maximum absolute atomic E-state index is 12.4. The Morgan fingerprint density at radius 3 is 2.61 bits per heavy atom. The number of carbonyl (C=O) groups is 1. The summed E-state index contributed by atoms with van der Waals surface area (Å²) in [6.45, 7) is 5.16. The van der Waals surface area contributed by atoms with E-state index in [2.05, 4.69) is 28.9 Å². The SMILES string of the molecule is CCc1ccc(N2CCN(C(=O)c3cccnc3)CC2)cc1N. The highest BCUT2D eigenvalue weighted by atomic mass is 16.2. The number of anilines is 2. The molecule has 1 aliphatic heterocycles. The average Bonchev–Trinajstić information content (AvgIpc) is 2.62. The van der Waals surface area contributed by atoms with Gasteiger partial charge >= 0.3 is 0 Å². The predicted octanol–water partition coefficient (Wildman–Crippen LogP) is 2.19. The third kappa shape index (κ3) is 3.28. The molecule has 0 unspecified atom stereocenters. The van der Waals surface area contributed by atoms with Gasteiger partial charge in [0, 0.05) is 49.9 Å². The van der Waals surface area contributed by atoms with E-state index >= 15 is 0 Å². The molecule has 2 heterocycles. The summed E-state index contributed by atoms with van der Waals surface area (Å²) in [5.74, 6) is 0.0543. The number of nitrogen functional groups attached to an aromatic ring is 1. The molecule has 2 aromatic rings. The number of carbonyl (C=O) groups excluding carboxylic acids is 1. The van der Waals surface area contributed by atoms with Crippen LogP contribution < -0.4 is 10.6 Å². The van der Waals surface area contributed by atoms with Crippen LogP contribution in [0.15, 0.2) is 42.7 Å². The van der Waals surface area contributed by atoms with Gasteiger partial charge in [0.1, 0.15) is 0 Å². The van der Waals surface area contributed by atoms with E-state index in [4.69, 9.17) is 5.73 Å². The lowest BCUT2D eigenvalue weighted by molar-refractivity contribution is 0.0746. The number of amides is 1. The van der Waals surface area contributed by atoms with Gasteiger partial charge in [0.25, 0.3) is 5.91 Å². The minimum Gasteiger partial charge on any atom is -0.398 e. The van der Waals surface area contributed by atoms with E-state index in [9.17, 15) is 4.79 Å². The highest BCUT2D eigenvalue weighted by Crippen LogP contribution is 2.23. The van der Waals surface area contributed by atoms with Crippen molar-refractivity contribution >= 4 is 17.3 Å². The van der Waals surface area contributed by atoms with Gasteiger partial charge < -0.3 is 15.5 Å². The molecule has 5 heteroatoms. The van der Waals surface area contributed by atoms with Gasteiger partial charge in [-0.25, -0.2) is 0 Å². The molecule has 0 bridgehead atoms. The molecule has 1 aliphatic rings. The number of piperazine rings is 1. The van der Waals surface area contributed by atoms with Crippen molar-refractivity contribution in [2.24, 2.45) is 0 Å². The topological polar surface area (TPSA) is 62.5 Å². The summed E-state index contributed by atoms with van der Waals surface area (Å²) in [7, 11) is 0. The molecule has 2 N–H and O–H groups in total. The molecule has 1 amide bonds. The third-order valence-electron chi connectivity index (χ3n) is 4.35. The first-order valence-electron chi connectivity index (χ1n) is 8.01. The first kappa shape index (κ1) is 15.3. The number of rotatable bonds is 3. The van der Waals surface area contributed by atoms with Crippen molar-refractivity contribution in [1.82, 2.24) is 9.88 Å². The quantitative estimate of drug-likeness (QED) is 0.883. The second-order valence-electron chi connectivity index (χ2n) is 5.76. The minimum atomic E-state index is 0.0543. The van der Waals surface area contributed by atoms with Gasteiger partial charge in [-0.15, -0.1) is 0 Å². The zero-order valence-electron chi connectivity index (χ0n) is 13.4. The summed E-state index contributed by atoms with van der Waals surface area (Å²) in [6, 6.07) is 9.86. The number of benzene rings is 1. The number of nitrogens with zero attached hydrogens (tertiary/aromatic N) is 3. The van der Waals surface area contributed by atoms with Crippen molar-refractivity contribution in [2.75, 3.05) is 36.8 Å². The van der Waals surface area contributed by atoms with Crippen LogP contribution in [0, 0.1) is 0 Å². The molecule has 1 aromatic carbocycles. The Morgan fingerprint density at radius 1 is 1.22 bits per heavy atom. The fourth-order valence-electron chi connectivity index (χ4n) is 2.94. The lowest BCUT2D eigenvalue weighted by atomic mass is 10.1. The largest absolute Gasteiger partial charge is 0.398 e. The Morgan fingerprint density at radius 2 is 2.00 bits per heavy atom. The van der Waals surface area contributed by atoms with Crippen molar-refractivity contribution in [3.63, 3.8) is 0 Å². The summed E-state index contributed by atoms with van der Waals surface area (Å²) in [5, 5.41) is 0. The standard InChI is InChI=1S/C18H22N4O/c1-2-14-5-6-16(12-17(14)19)21-8-10-22(11-9-21)18(23)15-4-3-7-20-13-15/h3-7,12-13H,2,8-11,19H2,1H3.